The van der Waals surface area contributed by atoms with Gasteiger partial charge >= 0.3 is 0 Å². The van der Waals surface area contributed by atoms with Crippen LogP contribution in [-0.4, -0.2) is 10.2 Å². The predicted molar refractivity (Wildman–Crippen MR) is 28.1 cm³/mol. The molecule has 0 unspecified atom stereocenters. The first-order chi connectivity index (χ1) is 3.30. The molecule has 0 spiro atoms. The van der Waals surface area contributed by atoms with E-state index >= 15 is 0 Å². The second kappa shape index (κ2) is 1.37. The lowest BCUT2D eigenvalue weighted by Crippen LogP contribution is -1.70. The van der Waals surface area contributed by atoms with Gasteiger partial charge in [0.25, 0.3) is 0 Å². The van der Waals surface area contributed by atoms with Gasteiger partial charge < -0.3 is 0 Å². The van der Waals surface area contributed by atoms with Gasteiger partial charge in [0.05, 0.1) is 5.69 Å². The summed E-state index contributed by atoms with van der Waals surface area (Å²) in [6.45, 7) is 4.00. The largest absolute Gasteiger partial charge is 0.285 e. The molecule has 2 nitrogen and oxygen atoms in total. The summed E-state index contributed by atoms with van der Waals surface area (Å²) in [7, 11) is 0. The first kappa shape index (κ1) is 4.37. The van der Waals surface area contributed by atoms with Crippen LogP contribution in [0.25, 0.3) is 0 Å². The van der Waals surface area contributed by atoms with Crippen molar-refractivity contribution in [1.82, 2.24) is 10.2 Å². The fraction of sp³-hybridized carbons (Fsp3) is 0.400. The number of rotatable bonds is 0. The average Bonchev–Trinajstić information content (AvgIpc) is 1.91. The van der Waals surface area contributed by atoms with E-state index in [1.165, 1.54) is 5.56 Å². The lowest BCUT2D eigenvalue weighted by Gasteiger charge is -1.76. The Hall–Kier alpha value is -0.790. The number of aromatic nitrogens is 2. The molecule has 0 fully saturated rings. The van der Waals surface area contributed by atoms with Crippen molar-refractivity contribution < 1.29 is 0 Å². The van der Waals surface area contributed by atoms with E-state index in [-0.39, 0.29) is 0 Å². The molecule has 0 saturated carbocycles. The highest BCUT2D eigenvalue weighted by Gasteiger charge is 1.87. The molecule has 0 aliphatic rings. The molecule has 0 atom stereocenters. The molecule has 2 heteroatoms. The third-order valence-electron chi connectivity index (χ3n) is 1.08. The molecule has 1 N–H and O–H groups in total. The van der Waals surface area contributed by atoms with Gasteiger partial charge in [-0.15, -0.1) is 0 Å². The van der Waals surface area contributed by atoms with Gasteiger partial charge in [-0.2, -0.15) is 5.10 Å². The number of H-pyrrole nitrogens is 1. The van der Waals surface area contributed by atoms with Crippen molar-refractivity contribution >= 4 is 0 Å². The molecule has 1 heterocycles. The van der Waals surface area contributed by atoms with Crippen LogP contribution in [0.2, 0.25) is 0 Å². The van der Waals surface area contributed by atoms with Crippen molar-refractivity contribution in [3.63, 3.8) is 0 Å². The summed E-state index contributed by atoms with van der Waals surface area (Å²) in [5, 5.41) is 6.64. The molecular weight excluding hydrogens is 88.1 g/mol. The Labute approximate surface area is 42.6 Å². The fourth-order valence-electron chi connectivity index (χ4n) is 0.419. The minimum absolute atomic E-state index is 1.08. The highest BCUT2D eigenvalue weighted by Crippen LogP contribution is 1.96. The smallest absolute Gasteiger partial charge is 0.0620 e. The normalized spacial score (nSPS) is 9.43. The summed E-state index contributed by atoms with van der Waals surface area (Å²) >= 11 is 0. The Kier molecular flexibility index (Phi) is 0.855. The van der Waals surface area contributed by atoms with Gasteiger partial charge in [0.15, 0.2) is 0 Å². The Morgan fingerprint density at radius 3 is 2.43 bits per heavy atom. The maximum absolute atomic E-state index is 3.89. The van der Waals surface area contributed by atoms with E-state index in [0.29, 0.717) is 0 Å². The molecule has 1 aromatic rings. The van der Waals surface area contributed by atoms with Crippen molar-refractivity contribution in [2.75, 3.05) is 0 Å². The predicted octanol–water partition coefficient (Wildman–Crippen LogP) is 1.03. The maximum atomic E-state index is 3.89. The van der Waals surface area contributed by atoms with Crippen molar-refractivity contribution in [2.45, 2.75) is 13.8 Å². The summed E-state index contributed by atoms with van der Waals surface area (Å²) in [5.41, 5.74) is 2.31. The molecule has 7 heavy (non-hydrogen) atoms. The van der Waals surface area contributed by atoms with Crippen LogP contribution >= 0.6 is 0 Å². The highest BCUT2D eigenvalue weighted by atomic mass is 15.1. The van der Waals surface area contributed by atoms with E-state index in [9.17, 15) is 0 Å². The van der Waals surface area contributed by atoms with Crippen LogP contribution in [0.5, 0.6) is 0 Å². The van der Waals surface area contributed by atoms with Crippen LogP contribution in [0.15, 0.2) is 6.20 Å². The number of aryl methyl sites for hydroxylation is 2. The number of hydrogen-bond acceptors (Lipinski definition) is 1. The van der Waals surface area contributed by atoms with E-state index in [1.807, 2.05) is 20.0 Å². The van der Waals surface area contributed by atoms with E-state index in [2.05, 4.69) is 10.2 Å². The zero-order valence-corrected chi connectivity index (χ0v) is 4.52. The minimum atomic E-state index is 1.08. The van der Waals surface area contributed by atoms with E-state index in [4.69, 9.17) is 0 Å². The third kappa shape index (κ3) is 0.633. The first-order valence-corrected chi connectivity index (χ1v) is 2.27. The Balaban J connectivity index is 3.12. The standard InChI is InChI=1S/C5H8N2/c1-4-3-6-7-5(4)2/h3H,1-2H3,(H,6,7). The van der Waals surface area contributed by atoms with E-state index in [0.717, 1.165) is 5.69 Å². The van der Waals surface area contributed by atoms with Gasteiger partial charge in [-0.1, -0.05) is 0 Å². The molecule has 1 rings (SSSR count). The Morgan fingerprint density at radius 1 is 1.57 bits per heavy atom. The second-order valence-corrected chi connectivity index (χ2v) is 1.65. The summed E-state index contributed by atoms with van der Waals surface area (Å²) in [6.07, 6.45) is 1.88. The number of nitrogens with one attached hydrogen (secondary N) is 1. The van der Waals surface area contributed by atoms with Gasteiger partial charge in [0, 0.05) is 6.20 Å². The summed E-state index contributed by atoms with van der Waals surface area (Å²) in [6, 6.07) is 0. The molecule has 0 aliphatic carbocycles. The maximum Gasteiger partial charge on any atom is 0.0620 e. The number of hydrogen-bond donors (Lipinski definition) is 1. The highest BCUT2D eigenvalue weighted by molar-refractivity contribution is 5.10. The monoisotopic (exact) mass is 96.1 g/mol. The number of nitrogens with zero attached hydrogens (tertiary/aromatic N) is 1. The summed E-state index contributed by atoms with van der Waals surface area (Å²) in [4.78, 5) is 0. The van der Waals surface area contributed by atoms with Crippen molar-refractivity contribution in [1.29, 1.82) is 0 Å². The fourth-order valence-corrected chi connectivity index (χ4v) is 0.419. The molecule has 0 aromatic carbocycles. The topological polar surface area (TPSA) is 28.7 Å². The van der Waals surface area contributed by atoms with Gasteiger partial charge in [-0.3, -0.25) is 5.10 Å². The van der Waals surface area contributed by atoms with Gasteiger partial charge in [-0.25, -0.2) is 0 Å². The molecule has 0 aliphatic heterocycles. The Morgan fingerprint density at radius 2 is 2.29 bits per heavy atom. The van der Waals surface area contributed by atoms with Crippen LogP contribution in [-0.2, 0) is 0 Å². The molecule has 0 bridgehead atoms. The van der Waals surface area contributed by atoms with Gasteiger partial charge in [-0.05, 0) is 19.4 Å². The Bertz CT molecular complexity index is 138. The zero-order valence-electron chi connectivity index (χ0n) is 4.52. The second-order valence-electron chi connectivity index (χ2n) is 1.65. The van der Waals surface area contributed by atoms with Crippen molar-refractivity contribution in [3.8, 4) is 0 Å². The lowest BCUT2D eigenvalue weighted by molar-refractivity contribution is 1.04. The molecule has 0 radical (unpaired) electrons. The molecule has 0 saturated heterocycles. The van der Waals surface area contributed by atoms with Crippen molar-refractivity contribution in [3.05, 3.63) is 17.5 Å². The van der Waals surface area contributed by atoms with Gasteiger partial charge in [0.2, 0.25) is 0 Å². The van der Waals surface area contributed by atoms with E-state index in [1.54, 1.807) is 0 Å². The SMILES string of the molecule is Cc1c[nH]nc1C. The lowest BCUT2D eigenvalue weighted by atomic mass is 10.3. The van der Waals surface area contributed by atoms with Gasteiger partial charge in [0.1, 0.15) is 0 Å². The molecule has 0 amide bonds. The summed E-state index contributed by atoms with van der Waals surface area (Å²) in [5.74, 6) is 0. The molecular formula is C5H8N2. The summed E-state index contributed by atoms with van der Waals surface area (Å²) < 4.78 is 0. The first-order valence-electron chi connectivity index (χ1n) is 2.27. The molecule has 1 aromatic heterocycles. The van der Waals surface area contributed by atoms with E-state index < -0.39 is 0 Å². The van der Waals surface area contributed by atoms with Crippen LogP contribution < -0.4 is 0 Å². The zero-order chi connectivity index (χ0) is 5.28. The minimum Gasteiger partial charge on any atom is -0.285 e. The van der Waals surface area contributed by atoms with Crippen LogP contribution in [0, 0.1) is 13.8 Å². The van der Waals surface area contributed by atoms with Crippen molar-refractivity contribution in [2.24, 2.45) is 0 Å². The quantitative estimate of drug-likeness (QED) is 0.513. The third-order valence-corrected chi connectivity index (χ3v) is 1.08. The molecule has 38 valence electrons. The van der Waals surface area contributed by atoms with Crippen LogP contribution in [0.1, 0.15) is 11.3 Å². The number of aromatic amines is 1. The van der Waals surface area contributed by atoms with Crippen LogP contribution in [0.3, 0.4) is 0 Å². The average molecular weight is 96.1 g/mol. The van der Waals surface area contributed by atoms with Crippen LogP contribution in [0.4, 0.5) is 0 Å².